The lowest BCUT2D eigenvalue weighted by Crippen LogP contribution is -2.36. The lowest BCUT2D eigenvalue weighted by molar-refractivity contribution is -0.128. The zero-order chi connectivity index (χ0) is 13.9. The second kappa shape index (κ2) is 5.87. The molecule has 0 saturated carbocycles. The summed E-state index contributed by atoms with van der Waals surface area (Å²) in [5.41, 5.74) is 8.27. The van der Waals surface area contributed by atoms with Crippen LogP contribution in [0.4, 0.5) is 0 Å². The molecule has 1 aromatic carbocycles. The van der Waals surface area contributed by atoms with Gasteiger partial charge in [-0.1, -0.05) is 38.1 Å². The summed E-state index contributed by atoms with van der Waals surface area (Å²) in [7, 11) is 0. The molecule has 0 bridgehead atoms. The Balaban J connectivity index is 2.15. The largest absolute Gasteiger partial charge is 0.329 e. The van der Waals surface area contributed by atoms with Crippen molar-refractivity contribution < 1.29 is 4.79 Å². The number of hydrogen-bond donors (Lipinski definition) is 1. The van der Waals surface area contributed by atoms with E-state index in [4.69, 9.17) is 5.73 Å². The van der Waals surface area contributed by atoms with Crippen molar-refractivity contribution in [2.45, 2.75) is 51.9 Å². The maximum absolute atomic E-state index is 12.5. The van der Waals surface area contributed by atoms with Crippen LogP contribution in [-0.4, -0.2) is 12.3 Å². The SMILES string of the molecule is CCC(C)(CN)C(=O)CC1CCCc2ccccc21. The summed E-state index contributed by atoms with van der Waals surface area (Å²) < 4.78 is 0. The first-order valence-corrected chi connectivity index (χ1v) is 7.42. The minimum absolute atomic E-state index is 0.333. The molecular weight excluding hydrogens is 234 g/mol. The van der Waals surface area contributed by atoms with E-state index in [-0.39, 0.29) is 5.41 Å². The van der Waals surface area contributed by atoms with Crippen molar-refractivity contribution in [3.63, 3.8) is 0 Å². The van der Waals surface area contributed by atoms with Gasteiger partial charge in [0.1, 0.15) is 5.78 Å². The Morgan fingerprint density at radius 1 is 1.42 bits per heavy atom. The monoisotopic (exact) mass is 259 g/mol. The van der Waals surface area contributed by atoms with E-state index >= 15 is 0 Å². The van der Waals surface area contributed by atoms with Gasteiger partial charge < -0.3 is 5.73 Å². The molecule has 1 aromatic rings. The molecule has 0 fully saturated rings. The number of benzene rings is 1. The van der Waals surface area contributed by atoms with Crippen LogP contribution in [0.3, 0.4) is 0 Å². The fourth-order valence-corrected chi connectivity index (χ4v) is 2.99. The third kappa shape index (κ3) is 2.89. The molecule has 2 unspecified atom stereocenters. The van der Waals surface area contributed by atoms with Gasteiger partial charge in [-0.05, 0) is 42.7 Å². The first-order chi connectivity index (χ1) is 9.10. The number of carbonyl (C=O) groups excluding carboxylic acids is 1. The zero-order valence-corrected chi connectivity index (χ0v) is 12.1. The van der Waals surface area contributed by atoms with E-state index in [9.17, 15) is 4.79 Å². The second-order valence-corrected chi connectivity index (χ2v) is 6.03. The summed E-state index contributed by atoms with van der Waals surface area (Å²) in [5, 5.41) is 0. The molecule has 1 aliphatic carbocycles. The molecule has 2 nitrogen and oxygen atoms in total. The molecule has 0 aromatic heterocycles. The van der Waals surface area contributed by atoms with Gasteiger partial charge in [-0.2, -0.15) is 0 Å². The number of rotatable bonds is 5. The fraction of sp³-hybridized carbons (Fsp3) is 0.588. The average Bonchev–Trinajstić information content (AvgIpc) is 2.46. The summed E-state index contributed by atoms with van der Waals surface area (Å²) in [6.07, 6.45) is 4.96. The van der Waals surface area contributed by atoms with Gasteiger partial charge in [-0.25, -0.2) is 0 Å². The van der Waals surface area contributed by atoms with Crippen LogP contribution >= 0.6 is 0 Å². The van der Waals surface area contributed by atoms with Crippen LogP contribution in [0.15, 0.2) is 24.3 Å². The van der Waals surface area contributed by atoms with Crippen LogP contribution in [0.1, 0.15) is 56.6 Å². The first kappa shape index (κ1) is 14.3. The van der Waals surface area contributed by atoms with E-state index < -0.39 is 0 Å². The summed E-state index contributed by atoms with van der Waals surface area (Å²) in [5.74, 6) is 0.731. The lowest BCUT2D eigenvalue weighted by Gasteiger charge is -2.30. The summed E-state index contributed by atoms with van der Waals surface area (Å²) >= 11 is 0. The Hall–Kier alpha value is -1.15. The normalized spacial score (nSPS) is 21.5. The molecule has 0 saturated heterocycles. The van der Waals surface area contributed by atoms with Crippen LogP contribution in [-0.2, 0) is 11.2 Å². The number of hydrogen-bond acceptors (Lipinski definition) is 2. The highest BCUT2D eigenvalue weighted by atomic mass is 16.1. The van der Waals surface area contributed by atoms with Crippen molar-refractivity contribution in [2.75, 3.05) is 6.54 Å². The van der Waals surface area contributed by atoms with Gasteiger partial charge in [0, 0.05) is 18.4 Å². The van der Waals surface area contributed by atoms with Crippen LogP contribution < -0.4 is 5.73 Å². The third-order valence-electron chi connectivity index (χ3n) is 4.83. The molecule has 104 valence electrons. The van der Waals surface area contributed by atoms with Gasteiger partial charge in [0.2, 0.25) is 0 Å². The van der Waals surface area contributed by atoms with Gasteiger partial charge in [0.05, 0.1) is 0 Å². The van der Waals surface area contributed by atoms with Crippen LogP contribution in [0, 0.1) is 5.41 Å². The van der Waals surface area contributed by atoms with E-state index in [2.05, 4.69) is 31.2 Å². The highest BCUT2D eigenvalue weighted by molar-refractivity contribution is 5.85. The Morgan fingerprint density at radius 3 is 2.84 bits per heavy atom. The minimum Gasteiger partial charge on any atom is -0.329 e. The maximum atomic E-state index is 12.5. The van der Waals surface area contributed by atoms with Crippen molar-refractivity contribution in [1.29, 1.82) is 0 Å². The lowest BCUT2D eigenvalue weighted by atomic mass is 9.74. The molecule has 0 amide bonds. The topological polar surface area (TPSA) is 43.1 Å². The second-order valence-electron chi connectivity index (χ2n) is 6.03. The Bertz CT molecular complexity index is 448. The van der Waals surface area contributed by atoms with E-state index in [0.29, 0.717) is 24.7 Å². The molecule has 19 heavy (non-hydrogen) atoms. The van der Waals surface area contributed by atoms with Crippen molar-refractivity contribution in [2.24, 2.45) is 11.1 Å². The number of Topliss-reactive ketones (excluding diaryl/α,β-unsaturated/α-hetero) is 1. The van der Waals surface area contributed by atoms with Crippen molar-refractivity contribution in [3.05, 3.63) is 35.4 Å². The fourth-order valence-electron chi connectivity index (χ4n) is 2.99. The molecule has 1 aliphatic rings. The van der Waals surface area contributed by atoms with Crippen LogP contribution in [0.5, 0.6) is 0 Å². The quantitative estimate of drug-likeness (QED) is 0.880. The Labute approximate surface area is 116 Å². The smallest absolute Gasteiger partial charge is 0.140 e. The van der Waals surface area contributed by atoms with E-state index in [1.54, 1.807) is 0 Å². The molecule has 2 N–H and O–H groups in total. The summed E-state index contributed by atoms with van der Waals surface area (Å²) in [6, 6.07) is 8.58. The molecule has 0 aliphatic heterocycles. The van der Waals surface area contributed by atoms with Gasteiger partial charge in [0.15, 0.2) is 0 Å². The minimum atomic E-state index is -0.341. The first-order valence-electron chi connectivity index (χ1n) is 7.42. The molecule has 2 atom stereocenters. The van der Waals surface area contributed by atoms with Crippen molar-refractivity contribution in [1.82, 2.24) is 0 Å². The standard InChI is InChI=1S/C17H25NO/c1-3-17(2,12-18)16(19)11-14-9-6-8-13-7-4-5-10-15(13)14/h4-5,7,10,14H,3,6,8-9,11-12,18H2,1-2H3. The zero-order valence-electron chi connectivity index (χ0n) is 12.1. The number of ketones is 1. The molecule has 0 spiro atoms. The van der Waals surface area contributed by atoms with E-state index in [1.807, 2.05) is 6.92 Å². The van der Waals surface area contributed by atoms with Crippen molar-refractivity contribution in [3.8, 4) is 0 Å². The maximum Gasteiger partial charge on any atom is 0.140 e. The number of aryl methyl sites for hydroxylation is 1. The highest BCUT2D eigenvalue weighted by Gasteiger charge is 2.32. The number of nitrogens with two attached hydrogens (primary N) is 1. The predicted octanol–water partition coefficient (Wildman–Crippen LogP) is 3.44. The van der Waals surface area contributed by atoms with Crippen molar-refractivity contribution >= 4 is 5.78 Å². The predicted molar refractivity (Wildman–Crippen MR) is 79.2 cm³/mol. The number of fused-ring (bicyclic) bond motifs is 1. The highest BCUT2D eigenvalue weighted by Crippen LogP contribution is 2.36. The molecule has 0 radical (unpaired) electrons. The van der Waals surface area contributed by atoms with Gasteiger partial charge >= 0.3 is 0 Å². The summed E-state index contributed by atoms with van der Waals surface area (Å²) in [4.78, 5) is 12.5. The Kier molecular flexibility index (Phi) is 4.41. The van der Waals surface area contributed by atoms with Crippen LogP contribution in [0.2, 0.25) is 0 Å². The summed E-state index contributed by atoms with van der Waals surface area (Å²) in [6.45, 7) is 4.51. The third-order valence-corrected chi connectivity index (χ3v) is 4.83. The van der Waals surface area contributed by atoms with Gasteiger partial charge in [0.25, 0.3) is 0 Å². The van der Waals surface area contributed by atoms with E-state index in [0.717, 1.165) is 19.3 Å². The molecule has 2 heteroatoms. The van der Waals surface area contributed by atoms with E-state index in [1.165, 1.54) is 17.5 Å². The molecular formula is C17H25NO. The average molecular weight is 259 g/mol. The van der Waals surface area contributed by atoms with Gasteiger partial charge in [-0.15, -0.1) is 0 Å². The molecule has 0 heterocycles. The number of carbonyl (C=O) groups is 1. The Morgan fingerprint density at radius 2 is 2.16 bits per heavy atom. The van der Waals surface area contributed by atoms with Crippen LogP contribution in [0.25, 0.3) is 0 Å². The molecule has 2 rings (SSSR count). The van der Waals surface area contributed by atoms with Gasteiger partial charge in [-0.3, -0.25) is 4.79 Å².